The van der Waals surface area contributed by atoms with Gasteiger partial charge in [-0.2, -0.15) is 0 Å². The number of hydrogen-bond donors (Lipinski definition) is 1. The van der Waals surface area contributed by atoms with E-state index in [4.69, 9.17) is 19.4 Å². The predicted molar refractivity (Wildman–Crippen MR) is 130 cm³/mol. The Morgan fingerprint density at radius 3 is 2.70 bits per heavy atom. The molecule has 1 aromatic carbocycles. The number of esters is 1. The van der Waals surface area contributed by atoms with Gasteiger partial charge >= 0.3 is 5.97 Å². The van der Waals surface area contributed by atoms with E-state index in [0.717, 1.165) is 53.7 Å². The van der Waals surface area contributed by atoms with Gasteiger partial charge in [-0.15, -0.1) is 11.3 Å². The van der Waals surface area contributed by atoms with Crippen LogP contribution in [0.5, 0.6) is 0 Å². The second kappa shape index (κ2) is 9.75. The zero-order valence-corrected chi connectivity index (χ0v) is 20.0. The van der Waals surface area contributed by atoms with Gasteiger partial charge in [0.2, 0.25) is 0 Å². The molecule has 1 saturated heterocycles. The number of morpholine rings is 1. The van der Waals surface area contributed by atoms with Crippen LogP contribution < -0.4 is 5.32 Å². The fraction of sp³-hybridized carbons (Fsp3) is 0.480. The summed E-state index contributed by atoms with van der Waals surface area (Å²) in [7, 11) is 0. The second-order valence-electron chi connectivity index (χ2n) is 8.70. The minimum Gasteiger partial charge on any atom is -0.462 e. The Balaban J connectivity index is 1.55. The van der Waals surface area contributed by atoms with E-state index in [-0.39, 0.29) is 12.0 Å². The van der Waals surface area contributed by atoms with Crippen LogP contribution in [0.3, 0.4) is 0 Å². The van der Waals surface area contributed by atoms with Crippen molar-refractivity contribution in [1.29, 1.82) is 0 Å². The van der Waals surface area contributed by atoms with Gasteiger partial charge in [0.05, 0.1) is 37.8 Å². The molecule has 1 N–H and O–H groups in total. The number of carbonyl (C=O) groups is 1. The van der Waals surface area contributed by atoms with Gasteiger partial charge < -0.3 is 14.8 Å². The summed E-state index contributed by atoms with van der Waals surface area (Å²) in [6.45, 7) is 8.02. The standard InChI is InChI=1S/C25H30N4O3S/c1-3-32-25(30)22-16(2)20-23(28-21(18-9-10-18)17-7-5-4-6-8-17)26-19(27-24(20)33-22)15-29-11-13-31-14-12-29/h4-8,18,21H,3,9-15H2,1-2H3,(H,26,27,28)/t21-/m0/s1. The summed E-state index contributed by atoms with van der Waals surface area (Å²) < 4.78 is 10.8. The lowest BCUT2D eigenvalue weighted by Crippen LogP contribution is -2.36. The van der Waals surface area contributed by atoms with Crippen LogP contribution in [0.1, 0.15) is 52.4 Å². The van der Waals surface area contributed by atoms with Crippen molar-refractivity contribution in [3.8, 4) is 0 Å². The molecule has 3 heterocycles. The summed E-state index contributed by atoms with van der Waals surface area (Å²) in [4.78, 5) is 26.2. The van der Waals surface area contributed by atoms with E-state index in [1.807, 2.05) is 19.9 Å². The summed E-state index contributed by atoms with van der Waals surface area (Å²) in [5, 5.41) is 4.69. The minimum absolute atomic E-state index is 0.186. The maximum absolute atomic E-state index is 12.6. The smallest absolute Gasteiger partial charge is 0.348 e. The lowest BCUT2D eigenvalue weighted by atomic mass is 10.0. The molecule has 2 aromatic heterocycles. The Bertz CT molecular complexity index is 1120. The molecular weight excluding hydrogens is 436 g/mol. The van der Waals surface area contributed by atoms with Gasteiger partial charge in [0.1, 0.15) is 21.3 Å². The number of benzene rings is 1. The van der Waals surface area contributed by atoms with Gasteiger partial charge in [-0.05, 0) is 43.7 Å². The number of carbonyl (C=O) groups excluding carboxylic acids is 1. The van der Waals surface area contributed by atoms with Gasteiger partial charge in [0.25, 0.3) is 0 Å². The number of nitrogens with zero attached hydrogens (tertiary/aromatic N) is 3. The summed E-state index contributed by atoms with van der Waals surface area (Å²) in [5.41, 5.74) is 2.15. The molecule has 0 amide bonds. The van der Waals surface area contributed by atoms with Crippen LogP contribution in [-0.2, 0) is 16.0 Å². The van der Waals surface area contributed by atoms with Crippen molar-refractivity contribution >= 4 is 33.3 Å². The number of rotatable bonds is 8. The first-order valence-corrected chi connectivity index (χ1v) is 12.5. The van der Waals surface area contributed by atoms with Gasteiger partial charge in [0, 0.05) is 13.1 Å². The molecular formula is C25H30N4O3S. The molecule has 7 nitrogen and oxygen atoms in total. The molecule has 2 fully saturated rings. The molecule has 1 aliphatic carbocycles. The highest BCUT2D eigenvalue weighted by atomic mass is 32.1. The lowest BCUT2D eigenvalue weighted by molar-refractivity contribution is 0.0331. The van der Waals surface area contributed by atoms with E-state index in [1.165, 1.54) is 29.7 Å². The number of nitrogens with one attached hydrogen (secondary N) is 1. The Morgan fingerprint density at radius 1 is 1.24 bits per heavy atom. The normalized spacial score (nSPS) is 17.8. The average molecular weight is 467 g/mol. The fourth-order valence-electron chi connectivity index (χ4n) is 4.42. The third kappa shape index (κ3) is 4.88. The highest BCUT2D eigenvalue weighted by molar-refractivity contribution is 7.20. The number of ether oxygens (including phenoxy) is 2. The van der Waals surface area contributed by atoms with Gasteiger partial charge in [-0.25, -0.2) is 14.8 Å². The highest BCUT2D eigenvalue weighted by Crippen LogP contribution is 2.44. The van der Waals surface area contributed by atoms with E-state index in [0.29, 0.717) is 23.9 Å². The summed E-state index contributed by atoms with van der Waals surface area (Å²) in [6, 6.07) is 10.7. The SMILES string of the molecule is CCOC(=O)c1sc2nc(CN3CCOCC3)nc(N[C@@H](c3ccccc3)C3CC3)c2c1C. The van der Waals surface area contributed by atoms with Crippen LogP contribution in [0.4, 0.5) is 5.82 Å². The molecule has 0 bridgehead atoms. The van der Waals surface area contributed by atoms with E-state index in [9.17, 15) is 4.79 Å². The zero-order chi connectivity index (χ0) is 22.8. The number of aromatic nitrogens is 2. The lowest BCUT2D eigenvalue weighted by Gasteiger charge is -2.26. The maximum Gasteiger partial charge on any atom is 0.348 e. The van der Waals surface area contributed by atoms with Crippen LogP contribution in [0.15, 0.2) is 30.3 Å². The van der Waals surface area contributed by atoms with Crippen LogP contribution in [-0.4, -0.2) is 53.7 Å². The van der Waals surface area contributed by atoms with Gasteiger partial charge in [0.15, 0.2) is 0 Å². The Morgan fingerprint density at radius 2 is 2.00 bits per heavy atom. The Hall–Kier alpha value is -2.55. The quantitative estimate of drug-likeness (QED) is 0.487. The van der Waals surface area contributed by atoms with Crippen LogP contribution in [0, 0.1) is 12.8 Å². The number of hydrogen-bond acceptors (Lipinski definition) is 8. The van der Waals surface area contributed by atoms with Crippen molar-refractivity contribution in [3.05, 3.63) is 52.2 Å². The molecule has 1 atom stereocenters. The first-order valence-electron chi connectivity index (χ1n) is 11.7. The van der Waals surface area contributed by atoms with Gasteiger partial charge in [-0.1, -0.05) is 30.3 Å². The van der Waals surface area contributed by atoms with Crippen molar-refractivity contribution < 1.29 is 14.3 Å². The summed E-state index contributed by atoms with van der Waals surface area (Å²) >= 11 is 1.40. The number of fused-ring (bicyclic) bond motifs is 1. The topological polar surface area (TPSA) is 76.6 Å². The van der Waals surface area contributed by atoms with Crippen LogP contribution in [0.2, 0.25) is 0 Å². The first-order chi connectivity index (χ1) is 16.1. The molecule has 0 radical (unpaired) electrons. The molecule has 3 aromatic rings. The fourth-order valence-corrected chi connectivity index (χ4v) is 5.51. The number of anilines is 1. The van der Waals surface area contributed by atoms with Crippen molar-refractivity contribution in [2.45, 2.75) is 39.3 Å². The highest BCUT2D eigenvalue weighted by Gasteiger charge is 2.33. The second-order valence-corrected chi connectivity index (χ2v) is 9.70. The van der Waals surface area contributed by atoms with Crippen LogP contribution >= 0.6 is 11.3 Å². The Kier molecular flexibility index (Phi) is 6.57. The minimum atomic E-state index is -0.291. The van der Waals surface area contributed by atoms with Crippen molar-refractivity contribution in [1.82, 2.24) is 14.9 Å². The molecule has 33 heavy (non-hydrogen) atoms. The third-order valence-corrected chi connectivity index (χ3v) is 7.48. The van der Waals surface area contributed by atoms with Crippen molar-refractivity contribution in [2.75, 3.05) is 38.2 Å². The van der Waals surface area contributed by atoms with Crippen molar-refractivity contribution in [3.63, 3.8) is 0 Å². The molecule has 5 rings (SSSR count). The monoisotopic (exact) mass is 466 g/mol. The van der Waals surface area contributed by atoms with Crippen LogP contribution in [0.25, 0.3) is 10.2 Å². The molecule has 8 heteroatoms. The summed E-state index contributed by atoms with van der Waals surface area (Å²) in [5.74, 6) is 1.88. The van der Waals surface area contributed by atoms with E-state index in [2.05, 4.69) is 34.5 Å². The first kappa shape index (κ1) is 22.3. The van der Waals surface area contributed by atoms with E-state index < -0.39 is 0 Å². The zero-order valence-electron chi connectivity index (χ0n) is 19.2. The molecule has 174 valence electrons. The third-order valence-electron chi connectivity index (χ3n) is 6.31. The number of aryl methyl sites for hydroxylation is 1. The molecule has 0 spiro atoms. The molecule has 1 aliphatic heterocycles. The molecule has 1 saturated carbocycles. The maximum atomic E-state index is 12.6. The molecule has 0 unspecified atom stereocenters. The van der Waals surface area contributed by atoms with E-state index in [1.54, 1.807) is 0 Å². The largest absolute Gasteiger partial charge is 0.462 e. The Labute approximate surface area is 198 Å². The van der Waals surface area contributed by atoms with Crippen molar-refractivity contribution in [2.24, 2.45) is 5.92 Å². The van der Waals surface area contributed by atoms with Gasteiger partial charge in [-0.3, -0.25) is 4.90 Å². The van der Waals surface area contributed by atoms with E-state index >= 15 is 0 Å². The molecule has 2 aliphatic rings. The predicted octanol–water partition coefficient (Wildman–Crippen LogP) is 4.57. The number of thiophene rings is 1. The average Bonchev–Trinajstić information content (AvgIpc) is 3.62. The summed E-state index contributed by atoms with van der Waals surface area (Å²) in [6.07, 6.45) is 2.41.